The van der Waals surface area contributed by atoms with Gasteiger partial charge in [0.1, 0.15) is 0 Å². The molecule has 0 bridgehead atoms. The number of likely N-dealkylation sites (tertiary alicyclic amines) is 1. The average molecular weight is 451 g/mol. The minimum absolute atomic E-state index is 0.0235. The van der Waals surface area contributed by atoms with Crippen molar-refractivity contribution in [3.05, 3.63) is 46.6 Å². The fraction of sp³-hybridized carbons (Fsp3) is 0.435. The van der Waals surface area contributed by atoms with Crippen LogP contribution >= 0.6 is 11.3 Å². The quantitative estimate of drug-likeness (QED) is 0.445. The molecule has 32 heavy (non-hydrogen) atoms. The molecule has 166 valence electrons. The third-order valence-corrected chi connectivity index (χ3v) is 6.98. The van der Waals surface area contributed by atoms with Crippen LogP contribution in [0.5, 0.6) is 0 Å². The number of rotatable bonds is 4. The van der Waals surface area contributed by atoms with Crippen molar-refractivity contribution in [1.29, 1.82) is 0 Å². The van der Waals surface area contributed by atoms with E-state index in [1.54, 1.807) is 17.5 Å². The zero-order valence-electron chi connectivity index (χ0n) is 18.7. The van der Waals surface area contributed by atoms with Crippen molar-refractivity contribution in [2.45, 2.75) is 52.5 Å². The minimum Gasteiger partial charge on any atom is -0.339 e. The number of fused-ring (bicyclic) bond motifs is 1. The Labute approximate surface area is 190 Å². The van der Waals surface area contributed by atoms with Gasteiger partial charge in [-0.05, 0) is 58.7 Å². The second-order valence-electron chi connectivity index (χ2n) is 8.63. The van der Waals surface area contributed by atoms with Crippen LogP contribution in [0.4, 0.5) is 0 Å². The molecule has 1 aliphatic rings. The summed E-state index contributed by atoms with van der Waals surface area (Å²) in [5, 5.41) is 9.24. The molecule has 0 N–H and O–H groups in total. The molecule has 0 radical (unpaired) electrons. The monoisotopic (exact) mass is 450 g/mol. The van der Waals surface area contributed by atoms with E-state index >= 15 is 0 Å². The highest BCUT2D eigenvalue weighted by Gasteiger charge is 2.29. The lowest BCUT2D eigenvalue weighted by Crippen LogP contribution is -2.38. The molecule has 5 rings (SSSR count). The number of hydrogen-bond acceptors (Lipinski definition) is 7. The molecule has 4 aromatic rings. The molecule has 0 aromatic carbocycles. The molecule has 8 nitrogen and oxygen atoms in total. The number of hydrogen-bond donors (Lipinski definition) is 0. The fourth-order valence-corrected chi connectivity index (χ4v) is 5.08. The van der Waals surface area contributed by atoms with Gasteiger partial charge < -0.3 is 9.42 Å². The Morgan fingerprint density at radius 1 is 1.19 bits per heavy atom. The molecule has 0 aliphatic carbocycles. The van der Waals surface area contributed by atoms with Crippen LogP contribution in [0.15, 0.2) is 28.9 Å². The highest BCUT2D eigenvalue weighted by atomic mass is 32.1. The summed E-state index contributed by atoms with van der Waals surface area (Å²) >= 11 is 1.68. The molecule has 0 unspecified atom stereocenters. The van der Waals surface area contributed by atoms with Crippen molar-refractivity contribution in [2.75, 3.05) is 13.1 Å². The van der Waals surface area contributed by atoms with Crippen LogP contribution in [0.25, 0.3) is 21.6 Å². The minimum atomic E-state index is 0.0235. The third kappa shape index (κ3) is 3.70. The number of aromatic nitrogens is 5. The first kappa shape index (κ1) is 20.8. The fourth-order valence-electron chi connectivity index (χ4n) is 4.25. The molecule has 0 saturated carbocycles. The van der Waals surface area contributed by atoms with Crippen molar-refractivity contribution in [2.24, 2.45) is 0 Å². The number of amides is 1. The van der Waals surface area contributed by atoms with Crippen LogP contribution < -0.4 is 0 Å². The van der Waals surface area contributed by atoms with Gasteiger partial charge in [-0.2, -0.15) is 10.1 Å². The molecule has 5 heterocycles. The van der Waals surface area contributed by atoms with Crippen LogP contribution in [-0.4, -0.2) is 48.8 Å². The van der Waals surface area contributed by atoms with Crippen LogP contribution in [0, 0.1) is 13.8 Å². The maximum absolute atomic E-state index is 13.6. The van der Waals surface area contributed by atoms with Crippen LogP contribution in [-0.2, 0) is 0 Å². The summed E-state index contributed by atoms with van der Waals surface area (Å²) in [6, 6.07) is 6.22. The van der Waals surface area contributed by atoms with Crippen LogP contribution in [0.3, 0.4) is 0 Å². The lowest BCUT2D eigenvalue weighted by atomic mass is 9.96. The Morgan fingerprint density at radius 3 is 2.59 bits per heavy atom. The standard InChI is InChI=1S/C23H26N6O2S/c1-13(2)29-21-18(12-24-29)17(11-19(26-21)20-6-5-14(3)32-20)23(30)28-9-7-16(8-10-28)22-25-15(4)27-31-22/h5-6,11-13,16H,7-10H2,1-4H3. The summed E-state index contributed by atoms with van der Waals surface area (Å²) in [7, 11) is 0. The zero-order valence-corrected chi connectivity index (χ0v) is 19.5. The summed E-state index contributed by atoms with van der Waals surface area (Å²) in [6.45, 7) is 9.35. The van der Waals surface area contributed by atoms with E-state index in [1.165, 1.54) is 4.88 Å². The molecule has 0 spiro atoms. The van der Waals surface area contributed by atoms with Gasteiger partial charge >= 0.3 is 0 Å². The largest absolute Gasteiger partial charge is 0.339 e. The molecule has 0 atom stereocenters. The van der Waals surface area contributed by atoms with E-state index in [9.17, 15) is 4.79 Å². The number of carbonyl (C=O) groups is 1. The molecule has 9 heteroatoms. The van der Waals surface area contributed by atoms with Gasteiger partial charge in [-0.3, -0.25) is 4.79 Å². The average Bonchev–Trinajstić information content (AvgIpc) is 3.52. The van der Waals surface area contributed by atoms with E-state index in [-0.39, 0.29) is 17.9 Å². The van der Waals surface area contributed by atoms with Gasteiger partial charge in [0.15, 0.2) is 11.5 Å². The number of thiophene rings is 1. The van der Waals surface area contributed by atoms with Gasteiger partial charge in [-0.1, -0.05) is 5.16 Å². The van der Waals surface area contributed by atoms with Crippen molar-refractivity contribution in [3.8, 4) is 10.6 Å². The second-order valence-corrected chi connectivity index (χ2v) is 9.92. The van der Waals surface area contributed by atoms with Gasteiger partial charge in [-0.25, -0.2) is 9.67 Å². The topological polar surface area (TPSA) is 89.9 Å². The number of carbonyl (C=O) groups excluding carboxylic acids is 1. The number of pyridine rings is 1. The summed E-state index contributed by atoms with van der Waals surface area (Å²) in [4.78, 5) is 27.1. The number of nitrogens with zero attached hydrogens (tertiary/aromatic N) is 6. The lowest BCUT2D eigenvalue weighted by Gasteiger charge is -2.30. The molecule has 1 saturated heterocycles. The summed E-state index contributed by atoms with van der Waals surface area (Å²) in [5.74, 6) is 1.55. The first-order chi connectivity index (χ1) is 15.4. The predicted octanol–water partition coefficient (Wildman–Crippen LogP) is 4.76. The number of piperidine rings is 1. The predicted molar refractivity (Wildman–Crippen MR) is 123 cm³/mol. The molecular formula is C23H26N6O2S. The highest BCUT2D eigenvalue weighted by molar-refractivity contribution is 7.15. The highest BCUT2D eigenvalue weighted by Crippen LogP contribution is 2.33. The summed E-state index contributed by atoms with van der Waals surface area (Å²) in [5.41, 5.74) is 2.23. The Bertz CT molecular complexity index is 1280. The number of aryl methyl sites for hydroxylation is 2. The van der Waals surface area contributed by atoms with E-state index in [0.29, 0.717) is 30.4 Å². The van der Waals surface area contributed by atoms with Crippen molar-refractivity contribution >= 4 is 28.3 Å². The smallest absolute Gasteiger partial charge is 0.254 e. The molecule has 1 amide bonds. The molecular weight excluding hydrogens is 424 g/mol. The second kappa shape index (κ2) is 8.12. The Kier molecular flexibility index (Phi) is 5.28. The Balaban J connectivity index is 1.48. The van der Waals surface area contributed by atoms with Crippen molar-refractivity contribution in [1.82, 2.24) is 29.8 Å². The zero-order chi connectivity index (χ0) is 22.4. The maximum atomic E-state index is 13.6. The van der Waals surface area contributed by atoms with Crippen molar-refractivity contribution < 1.29 is 9.32 Å². The van der Waals surface area contributed by atoms with Gasteiger partial charge in [-0.15, -0.1) is 11.3 Å². The summed E-state index contributed by atoms with van der Waals surface area (Å²) < 4.78 is 7.24. The van der Waals surface area contributed by atoms with Crippen LogP contribution in [0.2, 0.25) is 0 Å². The Hall–Kier alpha value is -3.07. The van der Waals surface area contributed by atoms with E-state index in [4.69, 9.17) is 9.51 Å². The third-order valence-electron chi connectivity index (χ3n) is 5.95. The molecule has 4 aromatic heterocycles. The molecule has 1 fully saturated rings. The van der Waals surface area contributed by atoms with E-state index in [1.807, 2.05) is 22.6 Å². The van der Waals surface area contributed by atoms with Gasteiger partial charge in [0.25, 0.3) is 5.91 Å². The van der Waals surface area contributed by atoms with Gasteiger partial charge in [0.2, 0.25) is 5.89 Å². The van der Waals surface area contributed by atoms with E-state index in [0.717, 1.165) is 34.4 Å². The summed E-state index contributed by atoms with van der Waals surface area (Å²) in [6.07, 6.45) is 3.39. The first-order valence-electron chi connectivity index (χ1n) is 10.9. The van der Waals surface area contributed by atoms with E-state index < -0.39 is 0 Å². The van der Waals surface area contributed by atoms with E-state index in [2.05, 4.69) is 48.1 Å². The Morgan fingerprint density at radius 2 is 1.97 bits per heavy atom. The normalized spacial score (nSPS) is 15.2. The maximum Gasteiger partial charge on any atom is 0.254 e. The van der Waals surface area contributed by atoms with Gasteiger partial charge in [0.05, 0.1) is 27.7 Å². The van der Waals surface area contributed by atoms with Crippen molar-refractivity contribution in [3.63, 3.8) is 0 Å². The first-order valence-corrected chi connectivity index (χ1v) is 11.8. The SMILES string of the molecule is Cc1noc(C2CCN(C(=O)c3cc(-c4ccc(C)s4)nc4c3cnn4C(C)C)CC2)n1. The lowest BCUT2D eigenvalue weighted by molar-refractivity contribution is 0.0706. The molecule has 1 aliphatic heterocycles. The van der Waals surface area contributed by atoms with Crippen LogP contribution in [0.1, 0.15) is 65.6 Å². The van der Waals surface area contributed by atoms with Gasteiger partial charge in [0, 0.05) is 29.9 Å².